The van der Waals surface area contributed by atoms with Gasteiger partial charge >= 0.3 is 0 Å². The molecule has 1 amide bonds. The van der Waals surface area contributed by atoms with Gasteiger partial charge in [-0.1, -0.05) is 30.9 Å². The maximum atomic E-state index is 11.1. The number of rotatable bonds is 8. The third kappa shape index (κ3) is 5.49. The number of aromatic nitrogens is 4. The van der Waals surface area contributed by atoms with E-state index in [0.717, 1.165) is 53.0 Å². The fourth-order valence-corrected chi connectivity index (χ4v) is 4.23. The van der Waals surface area contributed by atoms with Crippen LogP contribution in [0.15, 0.2) is 55.5 Å². The van der Waals surface area contributed by atoms with Crippen LogP contribution in [0.25, 0.3) is 27.7 Å². The standard InChI is InChI=1S/C22H23N5O2.C5H8O/c1-5-8-15(9-6-2)21-17(12-27(4)26-21)22-16-10-19(25-14-28)20(29-7-3)11-18(16)23-13-24-22;1-4-2-6-3-5(1)4/h5-6,8-14H,1,7H2,2-4H3,(H,25,28);4-5H,1-3H2/b9-6-,15-8+;. The Morgan fingerprint density at radius 2 is 2.11 bits per heavy atom. The molecule has 35 heavy (non-hydrogen) atoms. The van der Waals surface area contributed by atoms with Crippen LogP contribution < -0.4 is 10.1 Å². The van der Waals surface area contributed by atoms with Gasteiger partial charge in [0, 0.05) is 49.0 Å². The summed E-state index contributed by atoms with van der Waals surface area (Å²) in [5, 5.41) is 8.11. The number of hydrogen-bond acceptors (Lipinski definition) is 6. The number of carbonyl (C=O) groups is 1. The van der Waals surface area contributed by atoms with Crippen LogP contribution in [-0.4, -0.2) is 46.0 Å². The van der Waals surface area contributed by atoms with Crippen LogP contribution in [0.2, 0.25) is 0 Å². The first-order valence-electron chi connectivity index (χ1n) is 11.8. The second-order valence-electron chi connectivity index (χ2n) is 8.50. The first kappa shape index (κ1) is 24.3. The summed E-state index contributed by atoms with van der Waals surface area (Å²) in [6.07, 6.45) is 13.1. The van der Waals surface area contributed by atoms with Gasteiger partial charge in [0.05, 0.1) is 23.5 Å². The molecule has 1 aromatic carbocycles. The highest BCUT2D eigenvalue weighted by Gasteiger charge is 2.41. The Morgan fingerprint density at radius 1 is 1.31 bits per heavy atom. The van der Waals surface area contributed by atoms with Crippen molar-refractivity contribution >= 4 is 28.6 Å². The zero-order valence-corrected chi connectivity index (χ0v) is 20.4. The van der Waals surface area contributed by atoms with Crippen LogP contribution in [0.5, 0.6) is 5.75 Å². The zero-order chi connectivity index (χ0) is 24.8. The highest BCUT2D eigenvalue weighted by molar-refractivity contribution is 5.99. The Bertz CT molecular complexity index is 1270. The number of nitrogens with zero attached hydrogens (tertiary/aromatic N) is 4. The number of fused-ring (bicyclic) bond motifs is 2. The van der Waals surface area contributed by atoms with Gasteiger partial charge in [-0.3, -0.25) is 9.48 Å². The Labute approximate surface area is 205 Å². The van der Waals surface area contributed by atoms with Crippen LogP contribution in [0.1, 0.15) is 26.0 Å². The fourth-order valence-electron chi connectivity index (χ4n) is 4.23. The van der Waals surface area contributed by atoms with Crippen LogP contribution in [-0.2, 0) is 16.6 Å². The molecule has 2 fully saturated rings. The number of allylic oxidation sites excluding steroid dienone is 5. The fraction of sp³-hybridized carbons (Fsp3) is 0.333. The smallest absolute Gasteiger partial charge is 0.211 e. The quantitative estimate of drug-likeness (QED) is 0.373. The molecule has 8 nitrogen and oxygen atoms in total. The summed E-state index contributed by atoms with van der Waals surface area (Å²) in [5.74, 6) is 2.54. The molecule has 182 valence electrons. The normalized spacial score (nSPS) is 18.7. The molecule has 0 spiro atoms. The first-order chi connectivity index (χ1) is 17.1. The summed E-state index contributed by atoms with van der Waals surface area (Å²) < 4.78 is 12.5. The Morgan fingerprint density at radius 3 is 2.71 bits per heavy atom. The molecule has 3 aromatic rings. The molecule has 2 aliphatic rings. The van der Waals surface area contributed by atoms with Crippen LogP contribution in [0, 0.1) is 11.8 Å². The maximum Gasteiger partial charge on any atom is 0.211 e. The Kier molecular flexibility index (Phi) is 7.72. The maximum absolute atomic E-state index is 11.1. The van der Waals surface area contributed by atoms with Gasteiger partial charge in [0.2, 0.25) is 6.41 Å². The van der Waals surface area contributed by atoms with Crippen molar-refractivity contribution in [2.75, 3.05) is 25.1 Å². The summed E-state index contributed by atoms with van der Waals surface area (Å²) in [7, 11) is 1.87. The van der Waals surface area contributed by atoms with Gasteiger partial charge < -0.3 is 14.8 Å². The number of ether oxygens (including phenoxy) is 2. The van der Waals surface area contributed by atoms with E-state index in [4.69, 9.17) is 9.47 Å². The minimum absolute atomic E-state index is 0.475. The summed E-state index contributed by atoms with van der Waals surface area (Å²) in [6.45, 7) is 10.2. The van der Waals surface area contributed by atoms with Crippen molar-refractivity contribution in [1.82, 2.24) is 19.7 Å². The SMILES string of the molecule is C1OCC2CC12.C=C/C=C(\C=C/C)c1nn(C)cc1-c1ncnc2cc(OCC)c(NC=O)cc12. The van der Waals surface area contributed by atoms with E-state index in [9.17, 15) is 4.79 Å². The Hall–Kier alpha value is -3.78. The summed E-state index contributed by atoms with van der Waals surface area (Å²) in [6, 6.07) is 3.63. The molecule has 0 radical (unpaired) electrons. The second kappa shape index (κ2) is 11.1. The number of amides is 1. The van der Waals surface area contributed by atoms with E-state index in [1.54, 1.807) is 16.8 Å². The van der Waals surface area contributed by atoms with Gasteiger partial charge in [-0.2, -0.15) is 5.10 Å². The number of benzene rings is 1. The number of carbonyl (C=O) groups excluding carboxylic acids is 1. The summed E-state index contributed by atoms with van der Waals surface area (Å²) in [5.41, 5.74) is 4.55. The largest absolute Gasteiger partial charge is 0.492 e. The number of aryl methyl sites for hydroxylation is 1. The molecule has 1 saturated carbocycles. The molecule has 3 heterocycles. The van der Waals surface area contributed by atoms with Gasteiger partial charge in [0.1, 0.15) is 17.8 Å². The van der Waals surface area contributed by atoms with Crippen molar-refractivity contribution < 1.29 is 14.3 Å². The van der Waals surface area contributed by atoms with Crippen molar-refractivity contribution in [2.45, 2.75) is 20.3 Å². The second-order valence-corrected chi connectivity index (χ2v) is 8.50. The van der Waals surface area contributed by atoms with Gasteiger partial charge in [0.15, 0.2) is 0 Å². The molecule has 5 rings (SSSR count). The third-order valence-corrected chi connectivity index (χ3v) is 5.98. The lowest BCUT2D eigenvalue weighted by Gasteiger charge is -2.12. The van der Waals surface area contributed by atoms with E-state index in [1.807, 2.05) is 51.4 Å². The van der Waals surface area contributed by atoms with Crippen molar-refractivity contribution in [3.05, 3.63) is 61.2 Å². The molecule has 8 heteroatoms. The molecule has 2 aromatic heterocycles. The van der Waals surface area contributed by atoms with E-state index < -0.39 is 0 Å². The molecule has 1 aliphatic carbocycles. The van der Waals surface area contributed by atoms with Crippen molar-refractivity contribution in [1.29, 1.82) is 0 Å². The summed E-state index contributed by atoms with van der Waals surface area (Å²) >= 11 is 0. The molecule has 1 N–H and O–H groups in total. The van der Waals surface area contributed by atoms with E-state index in [1.165, 1.54) is 12.7 Å². The lowest BCUT2D eigenvalue weighted by molar-refractivity contribution is -0.105. The van der Waals surface area contributed by atoms with Gasteiger partial charge in [-0.05, 0) is 38.2 Å². The highest BCUT2D eigenvalue weighted by atomic mass is 16.5. The lowest BCUT2D eigenvalue weighted by atomic mass is 10.0. The predicted octanol–water partition coefficient (Wildman–Crippen LogP) is 4.80. The molecule has 1 saturated heterocycles. The van der Waals surface area contributed by atoms with Crippen molar-refractivity contribution in [3.63, 3.8) is 0 Å². The van der Waals surface area contributed by atoms with Crippen molar-refractivity contribution in [2.24, 2.45) is 18.9 Å². The minimum Gasteiger partial charge on any atom is -0.492 e. The van der Waals surface area contributed by atoms with Gasteiger partial charge in [0.25, 0.3) is 0 Å². The molecular weight excluding hydrogens is 442 g/mol. The number of anilines is 1. The van der Waals surface area contributed by atoms with E-state index >= 15 is 0 Å². The molecule has 2 unspecified atom stereocenters. The zero-order valence-electron chi connectivity index (χ0n) is 20.4. The molecular formula is C27H31N5O3. The van der Waals surface area contributed by atoms with E-state index in [2.05, 4.69) is 27.0 Å². The predicted molar refractivity (Wildman–Crippen MR) is 138 cm³/mol. The number of nitrogens with one attached hydrogen (secondary N) is 1. The monoisotopic (exact) mass is 473 g/mol. The minimum atomic E-state index is 0.475. The topological polar surface area (TPSA) is 91.2 Å². The molecule has 0 bridgehead atoms. The van der Waals surface area contributed by atoms with Crippen LogP contribution in [0.4, 0.5) is 5.69 Å². The third-order valence-electron chi connectivity index (χ3n) is 5.98. The Balaban J connectivity index is 0.000000411. The van der Waals surface area contributed by atoms with Crippen LogP contribution >= 0.6 is 0 Å². The van der Waals surface area contributed by atoms with Gasteiger partial charge in [-0.15, -0.1) is 0 Å². The van der Waals surface area contributed by atoms with Gasteiger partial charge in [-0.25, -0.2) is 9.97 Å². The van der Waals surface area contributed by atoms with E-state index in [-0.39, 0.29) is 0 Å². The highest BCUT2D eigenvalue weighted by Crippen LogP contribution is 2.43. The molecule has 1 aliphatic heterocycles. The van der Waals surface area contributed by atoms with E-state index in [0.29, 0.717) is 30.0 Å². The first-order valence-corrected chi connectivity index (χ1v) is 11.8. The van der Waals surface area contributed by atoms with Crippen LogP contribution in [0.3, 0.4) is 0 Å². The summed E-state index contributed by atoms with van der Waals surface area (Å²) in [4.78, 5) is 20.0. The average molecular weight is 474 g/mol. The molecule has 2 atom stereocenters. The number of hydrogen-bond donors (Lipinski definition) is 1. The average Bonchev–Trinajstić information content (AvgIpc) is 3.25. The lowest BCUT2D eigenvalue weighted by Crippen LogP contribution is -2.01. The van der Waals surface area contributed by atoms with Crippen molar-refractivity contribution in [3.8, 4) is 17.0 Å².